The van der Waals surface area contributed by atoms with Gasteiger partial charge in [-0.2, -0.15) is 5.10 Å². The summed E-state index contributed by atoms with van der Waals surface area (Å²) in [6.45, 7) is 1.86. The van der Waals surface area contributed by atoms with E-state index in [1.165, 1.54) is 23.0 Å². The van der Waals surface area contributed by atoms with Crippen LogP contribution in [0.4, 0.5) is 13.2 Å². The maximum Gasteiger partial charge on any atom is 0.257 e. The van der Waals surface area contributed by atoms with Crippen molar-refractivity contribution in [2.24, 2.45) is 0 Å². The molecule has 24 heavy (non-hydrogen) atoms. The molecule has 0 spiro atoms. The lowest BCUT2D eigenvalue weighted by Crippen LogP contribution is -2.38. The van der Waals surface area contributed by atoms with Crippen molar-refractivity contribution in [3.8, 4) is 5.88 Å². The van der Waals surface area contributed by atoms with Crippen molar-refractivity contribution in [2.75, 3.05) is 13.1 Å². The van der Waals surface area contributed by atoms with Gasteiger partial charge >= 0.3 is 0 Å². The minimum Gasteiger partial charge on any atom is -0.472 e. The summed E-state index contributed by atoms with van der Waals surface area (Å²) in [5.74, 6) is -0.407. The second-order valence-electron chi connectivity index (χ2n) is 5.85. The molecule has 1 fully saturated rings. The van der Waals surface area contributed by atoms with Gasteiger partial charge in [0.15, 0.2) is 5.82 Å². The molecule has 0 bridgehead atoms. The van der Waals surface area contributed by atoms with Crippen LogP contribution in [0.15, 0.2) is 30.7 Å². The molecular formula is C16H19F3N4O. The quantitative estimate of drug-likeness (QED) is 0.811. The first-order valence-corrected chi connectivity index (χ1v) is 7.89. The Kier molecular flexibility index (Phi) is 5.34. The van der Waals surface area contributed by atoms with Crippen LogP contribution in [0.3, 0.4) is 0 Å². The third kappa shape index (κ3) is 4.47. The summed E-state index contributed by atoms with van der Waals surface area (Å²) in [6.07, 6.45) is 3.84. The predicted octanol–water partition coefficient (Wildman–Crippen LogP) is 2.73. The first-order valence-electron chi connectivity index (χ1n) is 7.89. The highest BCUT2D eigenvalue weighted by atomic mass is 19.3. The van der Waals surface area contributed by atoms with Gasteiger partial charge < -0.3 is 4.74 Å². The van der Waals surface area contributed by atoms with Crippen molar-refractivity contribution >= 4 is 0 Å². The van der Waals surface area contributed by atoms with Gasteiger partial charge in [0.25, 0.3) is 12.3 Å². The standard InChI is InChI=1S/C16H19F3N4O/c17-14-2-1-5-20-16(14)24-13-3-6-22(7-4-13)9-12-8-21-23(10-12)11-15(18)19/h1-2,5,8,10,13,15H,3-4,6-7,9,11H2. The summed E-state index contributed by atoms with van der Waals surface area (Å²) >= 11 is 0. The molecule has 0 amide bonds. The van der Waals surface area contributed by atoms with Crippen LogP contribution in [0.5, 0.6) is 5.88 Å². The maximum atomic E-state index is 13.5. The minimum atomic E-state index is -2.40. The van der Waals surface area contributed by atoms with Crippen molar-refractivity contribution in [1.82, 2.24) is 19.7 Å². The number of ether oxygens (including phenoxy) is 1. The van der Waals surface area contributed by atoms with Gasteiger partial charge in [0, 0.05) is 37.6 Å². The van der Waals surface area contributed by atoms with Crippen molar-refractivity contribution in [2.45, 2.75) is 38.5 Å². The van der Waals surface area contributed by atoms with Crippen LogP contribution in [0.2, 0.25) is 0 Å². The zero-order chi connectivity index (χ0) is 16.9. The lowest BCUT2D eigenvalue weighted by atomic mass is 10.1. The number of likely N-dealkylation sites (tertiary alicyclic amines) is 1. The molecule has 0 radical (unpaired) electrons. The zero-order valence-corrected chi connectivity index (χ0v) is 13.1. The monoisotopic (exact) mass is 340 g/mol. The topological polar surface area (TPSA) is 43.2 Å². The predicted molar refractivity (Wildman–Crippen MR) is 81.4 cm³/mol. The molecule has 3 rings (SSSR count). The Morgan fingerprint density at radius 2 is 2.08 bits per heavy atom. The Morgan fingerprint density at radius 1 is 1.29 bits per heavy atom. The number of halogens is 3. The van der Waals surface area contributed by atoms with Gasteiger partial charge in [-0.15, -0.1) is 0 Å². The fourth-order valence-electron chi connectivity index (χ4n) is 2.79. The number of hydrogen-bond donors (Lipinski definition) is 0. The van der Waals surface area contributed by atoms with E-state index >= 15 is 0 Å². The van der Waals surface area contributed by atoms with Crippen molar-refractivity contribution in [1.29, 1.82) is 0 Å². The third-order valence-electron chi connectivity index (χ3n) is 3.96. The van der Waals surface area contributed by atoms with E-state index in [1.807, 2.05) is 0 Å². The zero-order valence-electron chi connectivity index (χ0n) is 13.1. The van der Waals surface area contributed by atoms with Crippen molar-refractivity contribution in [3.63, 3.8) is 0 Å². The molecule has 8 heteroatoms. The van der Waals surface area contributed by atoms with Crippen LogP contribution < -0.4 is 4.74 Å². The van der Waals surface area contributed by atoms with E-state index in [0.717, 1.165) is 31.5 Å². The minimum absolute atomic E-state index is 0.0456. The van der Waals surface area contributed by atoms with Gasteiger partial charge in [-0.1, -0.05) is 0 Å². The van der Waals surface area contributed by atoms with E-state index < -0.39 is 12.2 Å². The van der Waals surface area contributed by atoms with Gasteiger partial charge in [-0.05, 0) is 25.0 Å². The first kappa shape index (κ1) is 16.8. The molecule has 3 heterocycles. The van der Waals surface area contributed by atoms with Crippen LogP contribution in [0.25, 0.3) is 0 Å². The molecule has 1 aliphatic rings. The molecule has 130 valence electrons. The number of alkyl halides is 2. The molecule has 5 nitrogen and oxygen atoms in total. The van der Waals surface area contributed by atoms with Gasteiger partial charge in [-0.3, -0.25) is 9.58 Å². The molecule has 2 aromatic heterocycles. The second-order valence-corrected chi connectivity index (χ2v) is 5.85. The van der Waals surface area contributed by atoms with Crippen LogP contribution in [0.1, 0.15) is 18.4 Å². The second kappa shape index (κ2) is 7.65. The summed E-state index contributed by atoms with van der Waals surface area (Å²) < 4.78 is 45.1. The highest BCUT2D eigenvalue weighted by molar-refractivity contribution is 5.13. The molecule has 0 N–H and O–H groups in total. The summed E-state index contributed by atoms with van der Waals surface area (Å²) in [6, 6.07) is 2.85. The maximum absolute atomic E-state index is 13.5. The van der Waals surface area contributed by atoms with Crippen LogP contribution in [0, 0.1) is 5.82 Å². The SMILES string of the molecule is Fc1cccnc1OC1CCN(Cc2cnn(CC(F)F)c2)CC1. The van der Waals surface area contributed by atoms with Crippen LogP contribution in [-0.2, 0) is 13.1 Å². The molecule has 0 aromatic carbocycles. The number of nitrogens with zero attached hydrogens (tertiary/aromatic N) is 4. The fraction of sp³-hybridized carbons (Fsp3) is 0.500. The molecule has 1 aliphatic heterocycles. The molecular weight excluding hydrogens is 321 g/mol. The Hall–Kier alpha value is -2.09. The van der Waals surface area contributed by atoms with E-state index in [0.29, 0.717) is 6.54 Å². The smallest absolute Gasteiger partial charge is 0.257 e. The van der Waals surface area contributed by atoms with Gasteiger partial charge in [-0.25, -0.2) is 18.2 Å². The first-order chi connectivity index (χ1) is 11.6. The molecule has 0 aliphatic carbocycles. The lowest BCUT2D eigenvalue weighted by Gasteiger charge is -2.31. The molecule has 0 atom stereocenters. The largest absolute Gasteiger partial charge is 0.472 e. The van der Waals surface area contributed by atoms with Crippen LogP contribution >= 0.6 is 0 Å². The van der Waals surface area contributed by atoms with Gasteiger partial charge in [0.05, 0.1) is 6.20 Å². The number of aromatic nitrogens is 3. The summed E-state index contributed by atoms with van der Waals surface area (Å²) in [7, 11) is 0. The summed E-state index contributed by atoms with van der Waals surface area (Å²) in [5, 5.41) is 3.94. The molecule has 1 saturated heterocycles. The Balaban J connectivity index is 1.47. The number of pyridine rings is 1. The number of rotatable bonds is 6. The highest BCUT2D eigenvalue weighted by Gasteiger charge is 2.22. The van der Waals surface area contributed by atoms with Gasteiger partial charge in [0.2, 0.25) is 0 Å². The molecule has 0 saturated carbocycles. The van der Waals surface area contributed by atoms with Gasteiger partial charge in [0.1, 0.15) is 12.6 Å². The Morgan fingerprint density at radius 3 is 2.79 bits per heavy atom. The Labute approximate surface area is 138 Å². The van der Waals surface area contributed by atoms with E-state index in [2.05, 4.69) is 15.0 Å². The average molecular weight is 340 g/mol. The average Bonchev–Trinajstić information content (AvgIpc) is 2.98. The molecule has 2 aromatic rings. The normalized spacial score (nSPS) is 16.7. The van der Waals surface area contributed by atoms with Crippen LogP contribution in [-0.4, -0.2) is 45.3 Å². The third-order valence-corrected chi connectivity index (χ3v) is 3.96. The van der Waals surface area contributed by atoms with E-state index in [1.54, 1.807) is 12.4 Å². The van der Waals surface area contributed by atoms with E-state index in [4.69, 9.17) is 4.74 Å². The summed E-state index contributed by atoms with van der Waals surface area (Å²) in [4.78, 5) is 6.11. The summed E-state index contributed by atoms with van der Waals surface area (Å²) in [5.41, 5.74) is 0.908. The number of piperidine rings is 1. The highest BCUT2D eigenvalue weighted by Crippen LogP contribution is 2.20. The van der Waals surface area contributed by atoms with Crippen molar-refractivity contribution < 1.29 is 17.9 Å². The van der Waals surface area contributed by atoms with E-state index in [-0.39, 0.29) is 18.5 Å². The van der Waals surface area contributed by atoms with Crippen molar-refractivity contribution in [3.05, 3.63) is 42.1 Å². The molecule has 0 unspecified atom stereocenters. The fourth-order valence-corrected chi connectivity index (χ4v) is 2.79. The Bertz CT molecular complexity index is 656. The van der Waals surface area contributed by atoms with E-state index in [9.17, 15) is 13.2 Å². The lowest BCUT2D eigenvalue weighted by molar-refractivity contribution is 0.0895. The number of hydrogen-bond acceptors (Lipinski definition) is 4.